The van der Waals surface area contributed by atoms with Gasteiger partial charge < -0.3 is 15.8 Å². The van der Waals surface area contributed by atoms with Crippen LogP contribution in [-0.4, -0.2) is 19.1 Å². The zero-order valence-electron chi connectivity index (χ0n) is 13.8. The highest BCUT2D eigenvalue weighted by Gasteiger charge is 2.25. The van der Waals surface area contributed by atoms with E-state index in [4.69, 9.17) is 10.5 Å². The first kappa shape index (κ1) is 17.5. The lowest BCUT2D eigenvalue weighted by Crippen LogP contribution is -2.41. The van der Waals surface area contributed by atoms with Crippen molar-refractivity contribution in [2.75, 3.05) is 13.2 Å². The zero-order chi connectivity index (χ0) is 16.0. The van der Waals surface area contributed by atoms with Gasteiger partial charge in [-0.05, 0) is 44.4 Å². The van der Waals surface area contributed by atoms with E-state index < -0.39 is 5.41 Å². The predicted octanol–water partition coefficient (Wildman–Crippen LogP) is 2.88. The molecule has 118 valence electrons. The first-order chi connectivity index (χ1) is 9.72. The normalized spacial score (nSPS) is 13.2. The molecule has 0 aliphatic rings. The fraction of sp³-hybridized carbons (Fsp3) is 0.588. The van der Waals surface area contributed by atoms with Crippen molar-refractivity contribution in [1.29, 1.82) is 0 Å². The summed E-state index contributed by atoms with van der Waals surface area (Å²) in [5.74, 6) is 1.11. The molecule has 0 aromatic heterocycles. The van der Waals surface area contributed by atoms with Crippen LogP contribution in [-0.2, 0) is 4.79 Å². The number of hydrogen-bond donors (Lipinski definition) is 2. The minimum absolute atomic E-state index is 0.155. The lowest BCUT2D eigenvalue weighted by Gasteiger charge is -2.24. The van der Waals surface area contributed by atoms with E-state index in [-0.39, 0.29) is 11.9 Å². The van der Waals surface area contributed by atoms with Crippen molar-refractivity contribution in [3.63, 3.8) is 0 Å². The maximum Gasteiger partial charge on any atom is 0.224 e. The Morgan fingerprint density at radius 1 is 1.24 bits per heavy atom. The van der Waals surface area contributed by atoms with Gasteiger partial charge in [-0.2, -0.15) is 0 Å². The summed E-state index contributed by atoms with van der Waals surface area (Å²) in [4.78, 5) is 11.3. The Morgan fingerprint density at radius 3 is 2.29 bits per heavy atom. The minimum atomic E-state index is -0.547. The first-order valence-electron chi connectivity index (χ1n) is 7.48. The summed E-state index contributed by atoms with van der Waals surface area (Å²) >= 11 is 0. The Balaban J connectivity index is 2.55. The number of rotatable bonds is 8. The number of amides is 1. The van der Waals surface area contributed by atoms with Crippen molar-refractivity contribution < 1.29 is 9.53 Å². The van der Waals surface area contributed by atoms with Gasteiger partial charge in [-0.25, -0.2) is 0 Å². The number of nitrogens with two attached hydrogens (primary N) is 1. The molecule has 1 aromatic carbocycles. The highest BCUT2D eigenvalue weighted by molar-refractivity contribution is 5.80. The summed E-state index contributed by atoms with van der Waals surface area (Å²) in [5.41, 5.74) is 5.99. The number of benzene rings is 1. The maximum absolute atomic E-state index is 11.3. The second-order valence-corrected chi connectivity index (χ2v) is 6.62. The molecule has 0 fully saturated rings. The summed E-state index contributed by atoms with van der Waals surface area (Å²) in [6, 6.07) is 8.21. The molecule has 0 heterocycles. The SMILES string of the molecule is CC(C)COc1ccc(C(C)NCC(C)(C)C(N)=O)cc1. The number of primary amides is 1. The Morgan fingerprint density at radius 2 is 1.81 bits per heavy atom. The number of carbonyl (C=O) groups is 1. The van der Waals surface area contributed by atoms with Gasteiger partial charge in [-0.1, -0.05) is 26.0 Å². The minimum Gasteiger partial charge on any atom is -0.493 e. The van der Waals surface area contributed by atoms with Crippen LogP contribution < -0.4 is 15.8 Å². The standard InChI is InChI=1S/C17H28N2O2/c1-12(2)10-21-15-8-6-14(7-9-15)13(3)19-11-17(4,5)16(18)20/h6-9,12-13,19H,10-11H2,1-5H3,(H2,18,20). The van der Waals surface area contributed by atoms with Crippen LogP contribution in [0.25, 0.3) is 0 Å². The molecule has 0 aliphatic carbocycles. The van der Waals surface area contributed by atoms with Gasteiger partial charge in [0.25, 0.3) is 0 Å². The summed E-state index contributed by atoms with van der Waals surface area (Å²) in [6.45, 7) is 11.3. The second-order valence-electron chi connectivity index (χ2n) is 6.62. The average molecular weight is 292 g/mol. The fourth-order valence-corrected chi connectivity index (χ4v) is 1.73. The molecule has 0 bridgehead atoms. The lowest BCUT2D eigenvalue weighted by molar-refractivity contribution is -0.125. The molecule has 0 saturated carbocycles. The lowest BCUT2D eigenvalue weighted by atomic mass is 9.92. The van der Waals surface area contributed by atoms with Crippen molar-refractivity contribution >= 4 is 5.91 Å². The van der Waals surface area contributed by atoms with Crippen LogP contribution in [0.5, 0.6) is 5.75 Å². The monoisotopic (exact) mass is 292 g/mol. The van der Waals surface area contributed by atoms with Gasteiger partial charge >= 0.3 is 0 Å². The van der Waals surface area contributed by atoms with Crippen molar-refractivity contribution in [2.45, 2.75) is 40.7 Å². The van der Waals surface area contributed by atoms with Crippen molar-refractivity contribution in [3.8, 4) is 5.75 Å². The number of nitrogens with one attached hydrogen (secondary N) is 1. The molecule has 3 N–H and O–H groups in total. The molecule has 1 atom stereocenters. The molecule has 0 radical (unpaired) electrons. The Bertz CT molecular complexity index is 452. The van der Waals surface area contributed by atoms with Gasteiger partial charge in [-0.15, -0.1) is 0 Å². The van der Waals surface area contributed by atoms with Gasteiger partial charge in [0.2, 0.25) is 5.91 Å². The largest absolute Gasteiger partial charge is 0.493 e. The van der Waals surface area contributed by atoms with E-state index in [0.717, 1.165) is 17.9 Å². The summed E-state index contributed by atoms with van der Waals surface area (Å²) in [7, 11) is 0. The van der Waals surface area contributed by atoms with Crippen LogP contribution in [0.15, 0.2) is 24.3 Å². The van der Waals surface area contributed by atoms with Crippen molar-refractivity contribution in [2.24, 2.45) is 17.1 Å². The molecule has 21 heavy (non-hydrogen) atoms. The van der Waals surface area contributed by atoms with E-state index in [9.17, 15) is 4.79 Å². The summed E-state index contributed by atoms with van der Waals surface area (Å²) in [6.07, 6.45) is 0. The molecule has 0 saturated heterocycles. The number of ether oxygens (including phenoxy) is 1. The highest BCUT2D eigenvalue weighted by Crippen LogP contribution is 2.20. The van der Waals surface area contributed by atoms with Crippen LogP contribution in [0.3, 0.4) is 0 Å². The molecular formula is C17H28N2O2. The maximum atomic E-state index is 11.3. The van der Waals surface area contributed by atoms with E-state index in [1.165, 1.54) is 0 Å². The van der Waals surface area contributed by atoms with Crippen LogP contribution in [0, 0.1) is 11.3 Å². The third-order valence-corrected chi connectivity index (χ3v) is 3.48. The van der Waals surface area contributed by atoms with E-state index in [1.807, 2.05) is 38.1 Å². The predicted molar refractivity (Wildman–Crippen MR) is 86.2 cm³/mol. The first-order valence-corrected chi connectivity index (χ1v) is 7.48. The van der Waals surface area contributed by atoms with Gasteiger partial charge in [0.15, 0.2) is 0 Å². The van der Waals surface area contributed by atoms with Crippen LogP contribution >= 0.6 is 0 Å². The van der Waals surface area contributed by atoms with Gasteiger partial charge in [0.05, 0.1) is 12.0 Å². The molecule has 4 nitrogen and oxygen atoms in total. The second kappa shape index (κ2) is 7.46. The van der Waals surface area contributed by atoms with Gasteiger partial charge in [0.1, 0.15) is 5.75 Å². The Labute approximate surface area is 128 Å². The molecule has 1 rings (SSSR count). The average Bonchev–Trinajstić information content (AvgIpc) is 2.43. The smallest absolute Gasteiger partial charge is 0.224 e. The molecule has 1 unspecified atom stereocenters. The van der Waals surface area contributed by atoms with E-state index in [1.54, 1.807) is 0 Å². The third-order valence-electron chi connectivity index (χ3n) is 3.48. The van der Waals surface area contributed by atoms with E-state index in [2.05, 4.69) is 26.1 Å². The topological polar surface area (TPSA) is 64.3 Å². The summed E-state index contributed by atoms with van der Waals surface area (Å²) < 4.78 is 5.67. The van der Waals surface area contributed by atoms with E-state index in [0.29, 0.717) is 12.5 Å². The van der Waals surface area contributed by atoms with Crippen LogP contribution in [0.1, 0.15) is 46.2 Å². The van der Waals surface area contributed by atoms with Crippen molar-refractivity contribution in [3.05, 3.63) is 29.8 Å². The van der Waals surface area contributed by atoms with Gasteiger partial charge in [-0.3, -0.25) is 4.79 Å². The third kappa shape index (κ3) is 5.76. The molecule has 1 amide bonds. The Hall–Kier alpha value is -1.55. The Kier molecular flexibility index (Phi) is 6.21. The number of hydrogen-bond acceptors (Lipinski definition) is 3. The van der Waals surface area contributed by atoms with E-state index >= 15 is 0 Å². The van der Waals surface area contributed by atoms with Crippen LogP contribution in [0.2, 0.25) is 0 Å². The van der Waals surface area contributed by atoms with Crippen molar-refractivity contribution in [1.82, 2.24) is 5.32 Å². The fourth-order valence-electron chi connectivity index (χ4n) is 1.73. The van der Waals surface area contributed by atoms with Gasteiger partial charge in [0, 0.05) is 12.6 Å². The molecule has 1 aromatic rings. The quantitative estimate of drug-likeness (QED) is 0.774. The zero-order valence-corrected chi connectivity index (χ0v) is 13.8. The number of carbonyl (C=O) groups excluding carboxylic acids is 1. The molecule has 0 spiro atoms. The highest BCUT2D eigenvalue weighted by atomic mass is 16.5. The summed E-state index contributed by atoms with van der Waals surface area (Å²) in [5, 5.41) is 3.35. The molecule has 0 aliphatic heterocycles. The molecular weight excluding hydrogens is 264 g/mol. The van der Waals surface area contributed by atoms with Crippen LogP contribution in [0.4, 0.5) is 0 Å². The molecule has 4 heteroatoms.